The maximum Gasteiger partial charge on any atom is 0.133 e. The van der Waals surface area contributed by atoms with Crippen molar-refractivity contribution in [2.75, 3.05) is 25.0 Å². The predicted molar refractivity (Wildman–Crippen MR) is 133 cm³/mol. The zero-order valence-electron chi connectivity index (χ0n) is 19.6. The van der Waals surface area contributed by atoms with Crippen LogP contribution in [0.2, 0.25) is 0 Å². The fraction of sp³-hybridized carbons (Fsp3) is 0.464. The lowest BCUT2D eigenvalue weighted by Crippen LogP contribution is -2.32. The molecule has 168 valence electrons. The van der Waals surface area contributed by atoms with Crippen molar-refractivity contribution < 1.29 is 0 Å². The molecule has 0 saturated carbocycles. The zero-order chi connectivity index (χ0) is 21.9. The second kappa shape index (κ2) is 9.50. The number of piperidine rings is 1. The van der Waals surface area contributed by atoms with Crippen molar-refractivity contribution in [1.29, 1.82) is 0 Å². The van der Waals surface area contributed by atoms with Crippen LogP contribution in [-0.2, 0) is 13.0 Å². The molecular weight excluding hydrogens is 392 g/mol. The Bertz CT molecular complexity index is 1030. The van der Waals surface area contributed by atoms with Crippen LogP contribution in [0.4, 0.5) is 5.82 Å². The Balaban J connectivity index is 1.42. The summed E-state index contributed by atoms with van der Waals surface area (Å²) in [5.74, 6) is 2.28. The Labute approximate surface area is 192 Å². The van der Waals surface area contributed by atoms with Crippen LogP contribution in [0.25, 0.3) is 5.69 Å². The average molecular weight is 429 g/mol. The van der Waals surface area contributed by atoms with Crippen LogP contribution in [0.15, 0.2) is 54.6 Å². The SMILES string of the molecule is CC(C)c1ccccc1-n1nc(C2CCN(Cc3ccccc3)CC2)c2c1NCCCC2. The highest BCUT2D eigenvalue weighted by molar-refractivity contribution is 5.57. The molecule has 0 radical (unpaired) electrons. The standard InChI is InChI=1S/C28H36N4/c1-21(2)24-12-6-7-14-26(24)32-28-25(13-8-9-17-29-28)27(30-32)23-15-18-31(19-16-23)20-22-10-4-3-5-11-22/h3-7,10-12,14,21,23,29H,8-9,13,15-20H2,1-2H3. The van der Waals surface area contributed by atoms with E-state index in [2.05, 4.69) is 83.3 Å². The predicted octanol–water partition coefficient (Wildman–Crippen LogP) is 6.12. The highest BCUT2D eigenvalue weighted by Crippen LogP contribution is 2.37. The van der Waals surface area contributed by atoms with Gasteiger partial charge < -0.3 is 5.32 Å². The topological polar surface area (TPSA) is 33.1 Å². The van der Waals surface area contributed by atoms with Gasteiger partial charge in [0.15, 0.2) is 0 Å². The van der Waals surface area contributed by atoms with Gasteiger partial charge in [-0.1, -0.05) is 62.4 Å². The van der Waals surface area contributed by atoms with E-state index in [1.54, 1.807) is 0 Å². The molecule has 3 aromatic rings. The van der Waals surface area contributed by atoms with Crippen LogP contribution < -0.4 is 5.32 Å². The second-order valence-electron chi connectivity index (χ2n) is 9.76. The van der Waals surface area contributed by atoms with E-state index in [4.69, 9.17) is 5.10 Å². The molecule has 3 heterocycles. The first kappa shape index (κ1) is 21.3. The third-order valence-corrected chi connectivity index (χ3v) is 7.17. The van der Waals surface area contributed by atoms with E-state index in [1.165, 1.54) is 59.6 Å². The number of para-hydroxylation sites is 1. The van der Waals surface area contributed by atoms with Crippen LogP contribution in [0.1, 0.15) is 73.8 Å². The maximum absolute atomic E-state index is 5.32. The summed E-state index contributed by atoms with van der Waals surface area (Å²) >= 11 is 0. The molecule has 1 aromatic heterocycles. The molecule has 0 bridgehead atoms. The molecule has 2 aromatic carbocycles. The summed E-state index contributed by atoms with van der Waals surface area (Å²) in [4.78, 5) is 2.60. The molecule has 0 atom stereocenters. The molecule has 4 heteroatoms. The summed E-state index contributed by atoms with van der Waals surface area (Å²) < 4.78 is 2.24. The van der Waals surface area contributed by atoms with Crippen LogP contribution in [0.5, 0.6) is 0 Å². The Morgan fingerprint density at radius 2 is 1.72 bits per heavy atom. The molecule has 4 nitrogen and oxygen atoms in total. The molecule has 0 spiro atoms. The number of benzene rings is 2. The number of anilines is 1. The van der Waals surface area contributed by atoms with Crippen molar-refractivity contribution in [3.05, 3.63) is 77.0 Å². The molecule has 2 aliphatic rings. The summed E-state index contributed by atoms with van der Waals surface area (Å²) in [5.41, 5.74) is 6.85. The quantitative estimate of drug-likeness (QED) is 0.531. The normalized spacial score (nSPS) is 17.7. The van der Waals surface area contributed by atoms with Crippen LogP contribution >= 0.6 is 0 Å². The fourth-order valence-electron chi connectivity index (χ4n) is 5.41. The number of hydrogen-bond donors (Lipinski definition) is 1. The van der Waals surface area contributed by atoms with Crippen molar-refractivity contribution >= 4 is 5.82 Å². The van der Waals surface area contributed by atoms with Gasteiger partial charge in [-0.3, -0.25) is 4.90 Å². The number of aromatic nitrogens is 2. The van der Waals surface area contributed by atoms with Crippen molar-refractivity contribution in [2.24, 2.45) is 0 Å². The van der Waals surface area contributed by atoms with Gasteiger partial charge in [-0.2, -0.15) is 5.10 Å². The molecule has 32 heavy (non-hydrogen) atoms. The van der Waals surface area contributed by atoms with Gasteiger partial charge in [0, 0.05) is 24.6 Å². The average Bonchev–Trinajstić information content (AvgIpc) is 3.00. The second-order valence-corrected chi connectivity index (χ2v) is 9.76. The minimum atomic E-state index is 0.474. The lowest BCUT2D eigenvalue weighted by molar-refractivity contribution is 0.203. The van der Waals surface area contributed by atoms with Crippen molar-refractivity contribution in [1.82, 2.24) is 14.7 Å². The third-order valence-electron chi connectivity index (χ3n) is 7.17. The van der Waals surface area contributed by atoms with Crippen molar-refractivity contribution in [2.45, 2.75) is 64.3 Å². The summed E-state index contributed by atoms with van der Waals surface area (Å²) in [6.45, 7) is 8.95. The Hall–Kier alpha value is -2.59. The van der Waals surface area contributed by atoms with E-state index >= 15 is 0 Å². The summed E-state index contributed by atoms with van der Waals surface area (Å²) in [5, 5.41) is 9.06. The molecule has 0 amide bonds. The number of nitrogens with one attached hydrogen (secondary N) is 1. The molecule has 1 saturated heterocycles. The lowest BCUT2D eigenvalue weighted by atomic mass is 9.90. The highest BCUT2D eigenvalue weighted by atomic mass is 15.3. The summed E-state index contributed by atoms with van der Waals surface area (Å²) in [6, 6.07) is 19.7. The first-order valence-corrected chi connectivity index (χ1v) is 12.4. The van der Waals surface area contributed by atoms with E-state index in [0.717, 1.165) is 32.6 Å². The fourth-order valence-corrected chi connectivity index (χ4v) is 5.41. The van der Waals surface area contributed by atoms with Gasteiger partial charge in [-0.15, -0.1) is 0 Å². The smallest absolute Gasteiger partial charge is 0.133 e. The summed E-state index contributed by atoms with van der Waals surface area (Å²) in [6.07, 6.45) is 6.02. The largest absolute Gasteiger partial charge is 0.370 e. The van der Waals surface area contributed by atoms with Gasteiger partial charge in [0.25, 0.3) is 0 Å². The van der Waals surface area contributed by atoms with Gasteiger partial charge in [0.1, 0.15) is 5.82 Å². The maximum atomic E-state index is 5.32. The number of hydrogen-bond acceptors (Lipinski definition) is 3. The first-order valence-electron chi connectivity index (χ1n) is 12.4. The van der Waals surface area contributed by atoms with Gasteiger partial charge in [0.2, 0.25) is 0 Å². The minimum absolute atomic E-state index is 0.474. The lowest BCUT2D eigenvalue weighted by Gasteiger charge is -2.31. The van der Waals surface area contributed by atoms with E-state index < -0.39 is 0 Å². The van der Waals surface area contributed by atoms with Crippen LogP contribution in [0, 0.1) is 0 Å². The molecule has 1 N–H and O–H groups in total. The van der Waals surface area contributed by atoms with Crippen LogP contribution in [0.3, 0.4) is 0 Å². The minimum Gasteiger partial charge on any atom is -0.370 e. The number of likely N-dealkylation sites (tertiary alicyclic amines) is 1. The van der Waals surface area contributed by atoms with Crippen molar-refractivity contribution in [3.63, 3.8) is 0 Å². The molecule has 5 rings (SSSR count). The number of fused-ring (bicyclic) bond motifs is 1. The first-order chi connectivity index (χ1) is 15.7. The van der Waals surface area contributed by atoms with Crippen LogP contribution in [-0.4, -0.2) is 34.3 Å². The third kappa shape index (κ3) is 4.33. The Morgan fingerprint density at radius 1 is 0.969 bits per heavy atom. The highest BCUT2D eigenvalue weighted by Gasteiger charge is 2.29. The van der Waals surface area contributed by atoms with E-state index in [1.807, 2.05) is 0 Å². The monoisotopic (exact) mass is 428 g/mol. The molecular formula is C28H36N4. The summed E-state index contributed by atoms with van der Waals surface area (Å²) in [7, 11) is 0. The molecule has 0 unspecified atom stereocenters. The zero-order valence-corrected chi connectivity index (χ0v) is 19.6. The van der Waals surface area contributed by atoms with E-state index in [0.29, 0.717) is 11.8 Å². The number of nitrogens with zero attached hydrogens (tertiary/aromatic N) is 3. The Morgan fingerprint density at radius 3 is 2.50 bits per heavy atom. The van der Waals surface area contributed by atoms with Gasteiger partial charge in [-0.05, 0) is 68.3 Å². The molecule has 1 fully saturated rings. The number of rotatable bonds is 5. The van der Waals surface area contributed by atoms with Gasteiger partial charge >= 0.3 is 0 Å². The molecule has 0 aliphatic carbocycles. The van der Waals surface area contributed by atoms with Crippen molar-refractivity contribution in [3.8, 4) is 5.69 Å². The molecule has 2 aliphatic heterocycles. The van der Waals surface area contributed by atoms with Gasteiger partial charge in [-0.25, -0.2) is 4.68 Å². The Kier molecular flexibility index (Phi) is 6.31. The van der Waals surface area contributed by atoms with Gasteiger partial charge in [0.05, 0.1) is 11.4 Å². The van der Waals surface area contributed by atoms with E-state index in [-0.39, 0.29) is 0 Å². The van der Waals surface area contributed by atoms with E-state index in [9.17, 15) is 0 Å².